The monoisotopic (exact) mass is 223 g/mol. The van der Waals surface area contributed by atoms with E-state index in [9.17, 15) is 10.1 Å². The zero-order valence-electron chi connectivity index (χ0n) is 8.54. The highest BCUT2D eigenvalue weighted by molar-refractivity contribution is 5.53. The molecule has 0 aliphatic heterocycles. The molecule has 84 valence electrons. The number of hydrogen-bond donors (Lipinski definition) is 0. The van der Waals surface area contributed by atoms with Crippen molar-refractivity contribution in [2.45, 2.75) is 0 Å². The Bertz CT molecular complexity index is 427. The minimum atomic E-state index is -0.659. The molecule has 16 heavy (non-hydrogen) atoms. The summed E-state index contributed by atoms with van der Waals surface area (Å²) in [6, 6.07) is 2.55. The number of aromatic nitrogens is 1. The van der Waals surface area contributed by atoms with Gasteiger partial charge in [-0.3, -0.25) is 0 Å². The topological polar surface area (TPSA) is 78.9 Å². The molecule has 0 saturated heterocycles. The highest BCUT2D eigenvalue weighted by Crippen LogP contribution is 2.27. The average molecular weight is 223 g/mol. The zero-order chi connectivity index (χ0) is 12.0. The van der Waals surface area contributed by atoms with Gasteiger partial charge in [0.1, 0.15) is 12.4 Å². The van der Waals surface area contributed by atoms with Crippen LogP contribution in [-0.2, 0) is 4.74 Å². The van der Waals surface area contributed by atoms with Crippen molar-refractivity contribution in [3.63, 3.8) is 0 Å². The summed E-state index contributed by atoms with van der Waals surface area (Å²) in [4.78, 5) is 16.4. The molecule has 0 spiro atoms. The smallest absolute Gasteiger partial charge is 0.350 e. The van der Waals surface area contributed by atoms with Crippen LogP contribution in [0.25, 0.3) is 4.85 Å². The minimum absolute atomic E-state index is 0.120. The van der Waals surface area contributed by atoms with Gasteiger partial charge >= 0.3 is 11.6 Å². The fraction of sp³-hybridized carbons (Fsp3) is 0.333. The molecule has 7 nitrogen and oxygen atoms in total. The van der Waals surface area contributed by atoms with Crippen molar-refractivity contribution in [3.05, 3.63) is 33.7 Å². The second-order valence-corrected chi connectivity index (χ2v) is 2.70. The lowest BCUT2D eigenvalue weighted by Crippen LogP contribution is -2.04. The van der Waals surface area contributed by atoms with Crippen molar-refractivity contribution in [2.75, 3.05) is 20.3 Å². The fourth-order valence-electron chi connectivity index (χ4n) is 0.955. The maximum absolute atomic E-state index is 10.4. The second-order valence-electron chi connectivity index (χ2n) is 2.70. The van der Waals surface area contributed by atoms with Gasteiger partial charge in [0, 0.05) is 13.2 Å². The quantitative estimate of drug-likeness (QED) is 0.327. The van der Waals surface area contributed by atoms with Gasteiger partial charge in [-0.05, 0) is 11.0 Å². The van der Waals surface area contributed by atoms with Crippen LogP contribution in [0.15, 0.2) is 12.1 Å². The Balaban J connectivity index is 2.86. The number of pyridine rings is 1. The van der Waals surface area contributed by atoms with Gasteiger partial charge in [-0.2, -0.15) is 0 Å². The molecular formula is C9H9N3O4. The van der Waals surface area contributed by atoms with Gasteiger partial charge in [0.15, 0.2) is 0 Å². The Morgan fingerprint density at radius 3 is 2.88 bits per heavy atom. The lowest BCUT2D eigenvalue weighted by molar-refractivity contribution is -0.389. The Morgan fingerprint density at radius 2 is 2.31 bits per heavy atom. The zero-order valence-corrected chi connectivity index (χ0v) is 8.54. The molecule has 0 saturated carbocycles. The summed E-state index contributed by atoms with van der Waals surface area (Å²) < 4.78 is 9.95. The molecule has 1 heterocycles. The normalized spacial score (nSPS) is 9.50. The van der Waals surface area contributed by atoms with Crippen molar-refractivity contribution < 1.29 is 14.4 Å². The van der Waals surface area contributed by atoms with Gasteiger partial charge < -0.3 is 24.4 Å². The van der Waals surface area contributed by atoms with E-state index < -0.39 is 4.92 Å². The maximum atomic E-state index is 10.4. The highest BCUT2D eigenvalue weighted by Gasteiger charge is 2.12. The highest BCUT2D eigenvalue weighted by atomic mass is 16.6. The average Bonchev–Trinajstić information content (AvgIpc) is 2.29. The van der Waals surface area contributed by atoms with Crippen LogP contribution in [-0.4, -0.2) is 30.2 Å². The third-order valence-corrected chi connectivity index (χ3v) is 1.66. The van der Waals surface area contributed by atoms with Crippen LogP contribution in [0, 0.1) is 16.7 Å². The van der Waals surface area contributed by atoms with E-state index in [1.807, 2.05) is 0 Å². The molecule has 0 bridgehead atoms. The number of ether oxygens (including phenoxy) is 2. The molecule has 0 atom stereocenters. The molecule has 0 aromatic carbocycles. The molecule has 1 rings (SSSR count). The molecular weight excluding hydrogens is 214 g/mol. The Kier molecular flexibility index (Phi) is 4.17. The molecule has 0 N–H and O–H groups in total. The van der Waals surface area contributed by atoms with E-state index in [1.54, 1.807) is 0 Å². The summed E-state index contributed by atoms with van der Waals surface area (Å²) >= 11 is 0. The van der Waals surface area contributed by atoms with Crippen LogP contribution in [0.4, 0.5) is 11.6 Å². The van der Waals surface area contributed by atoms with Crippen molar-refractivity contribution in [3.8, 4) is 5.75 Å². The molecule has 0 amide bonds. The number of hydrogen-bond acceptors (Lipinski definition) is 5. The van der Waals surface area contributed by atoms with Crippen LogP contribution in [0.5, 0.6) is 5.75 Å². The van der Waals surface area contributed by atoms with Crippen molar-refractivity contribution in [1.82, 2.24) is 4.98 Å². The van der Waals surface area contributed by atoms with Gasteiger partial charge in [0.2, 0.25) is 0 Å². The van der Waals surface area contributed by atoms with Gasteiger partial charge in [0.25, 0.3) is 0 Å². The molecule has 1 aromatic heterocycles. The van der Waals surface area contributed by atoms with E-state index in [0.29, 0.717) is 6.61 Å². The Morgan fingerprint density at radius 1 is 1.56 bits per heavy atom. The predicted octanol–water partition coefficient (Wildman–Crippen LogP) is 1.57. The number of nitro groups is 1. The van der Waals surface area contributed by atoms with Gasteiger partial charge in [-0.15, -0.1) is 0 Å². The van der Waals surface area contributed by atoms with Crippen molar-refractivity contribution >= 4 is 11.6 Å². The van der Waals surface area contributed by atoms with E-state index >= 15 is 0 Å². The first kappa shape index (κ1) is 11.9. The number of nitrogens with zero attached hydrogens (tertiary/aromatic N) is 3. The lowest BCUT2D eigenvalue weighted by atomic mass is 10.4. The van der Waals surface area contributed by atoms with Gasteiger partial charge in [-0.25, -0.2) is 0 Å². The summed E-state index contributed by atoms with van der Waals surface area (Å²) in [5, 5.41) is 10.4. The predicted molar refractivity (Wildman–Crippen MR) is 54.5 cm³/mol. The largest absolute Gasteiger partial charge is 0.500 e. The molecule has 0 unspecified atom stereocenters. The van der Waals surface area contributed by atoms with Crippen LogP contribution in [0.1, 0.15) is 0 Å². The van der Waals surface area contributed by atoms with E-state index in [2.05, 4.69) is 9.83 Å². The third-order valence-electron chi connectivity index (χ3n) is 1.66. The summed E-state index contributed by atoms with van der Waals surface area (Å²) in [7, 11) is 1.52. The van der Waals surface area contributed by atoms with Crippen LogP contribution in [0.3, 0.4) is 0 Å². The molecule has 1 aromatic rings. The fourth-order valence-corrected chi connectivity index (χ4v) is 0.955. The first-order valence-electron chi connectivity index (χ1n) is 4.33. The van der Waals surface area contributed by atoms with E-state index in [0.717, 1.165) is 0 Å². The van der Waals surface area contributed by atoms with Gasteiger partial charge in [0.05, 0.1) is 6.61 Å². The maximum Gasteiger partial charge on any atom is 0.350 e. The first-order valence-corrected chi connectivity index (χ1v) is 4.33. The molecule has 0 fully saturated rings. The first-order chi connectivity index (χ1) is 7.69. The van der Waals surface area contributed by atoms with Crippen LogP contribution < -0.4 is 4.74 Å². The Labute approximate surface area is 91.6 Å². The van der Waals surface area contributed by atoms with E-state index in [4.69, 9.17) is 16.0 Å². The second kappa shape index (κ2) is 5.63. The Hall–Kier alpha value is -2.20. The summed E-state index contributed by atoms with van der Waals surface area (Å²) in [5.74, 6) is -0.270. The molecule has 0 radical (unpaired) electrons. The summed E-state index contributed by atoms with van der Waals surface area (Å²) in [6.07, 6.45) is 0. The molecule has 0 aliphatic rings. The van der Waals surface area contributed by atoms with Crippen molar-refractivity contribution in [1.29, 1.82) is 0 Å². The van der Waals surface area contributed by atoms with Crippen LogP contribution >= 0.6 is 0 Å². The standard InChI is InChI=1S/C9H9N3O4/c1-10-9-7(16-6-5-15-2)3-4-8(11-9)12(13)14/h3-4H,5-6H2,2H3. The SMILES string of the molecule is [C-]#[N+]c1nc([N+](=O)[O-])ccc1OCCOC. The minimum Gasteiger partial charge on any atom is -0.500 e. The number of rotatable bonds is 5. The summed E-state index contributed by atoms with van der Waals surface area (Å²) in [5.41, 5.74) is 0. The van der Waals surface area contributed by atoms with E-state index in [1.165, 1.54) is 19.2 Å². The van der Waals surface area contributed by atoms with E-state index in [-0.39, 0.29) is 24.0 Å². The van der Waals surface area contributed by atoms with Crippen LogP contribution in [0.2, 0.25) is 0 Å². The molecule has 0 aliphatic carbocycles. The third kappa shape index (κ3) is 2.90. The summed E-state index contributed by atoms with van der Waals surface area (Å²) in [6.45, 7) is 7.46. The van der Waals surface area contributed by atoms with Gasteiger partial charge in [-0.1, -0.05) is 11.6 Å². The lowest BCUT2D eigenvalue weighted by Gasteiger charge is -2.06. The van der Waals surface area contributed by atoms with Crippen molar-refractivity contribution in [2.24, 2.45) is 0 Å². The molecule has 7 heteroatoms. The number of methoxy groups -OCH3 is 1.